The summed E-state index contributed by atoms with van der Waals surface area (Å²) in [6, 6.07) is 9.78. The second-order valence-electron chi connectivity index (χ2n) is 6.23. The number of anilines is 2. The third kappa shape index (κ3) is 3.41. The number of benzene rings is 1. The van der Waals surface area contributed by atoms with Crippen molar-refractivity contribution in [2.24, 2.45) is 0 Å². The van der Waals surface area contributed by atoms with Crippen molar-refractivity contribution < 1.29 is 9.84 Å². The number of hydrogen-bond acceptors (Lipinski definition) is 7. The molecular formula is C18H22N6O2. The van der Waals surface area contributed by atoms with E-state index in [2.05, 4.69) is 30.2 Å². The molecule has 1 aromatic carbocycles. The van der Waals surface area contributed by atoms with Crippen LogP contribution in [0.25, 0.3) is 11.2 Å². The molecule has 0 radical (unpaired) electrons. The Kier molecular flexibility index (Phi) is 4.83. The molecular weight excluding hydrogens is 332 g/mol. The maximum absolute atomic E-state index is 9.57. The molecule has 1 fully saturated rings. The van der Waals surface area contributed by atoms with Gasteiger partial charge in [-0.05, 0) is 25.0 Å². The number of hydrogen-bond donors (Lipinski definition) is 3. The zero-order valence-corrected chi connectivity index (χ0v) is 14.4. The van der Waals surface area contributed by atoms with Crippen LogP contribution in [0.5, 0.6) is 5.75 Å². The van der Waals surface area contributed by atoms with Crippen molar-refractivity contribution in [2.45, 2.75) is 18.9 Å². The summed E-state index contributed by atoms with van der Waals surface area (Å²) in [7, 11) is 0. The number of ether oxygens (including phenoxy) is 1. The summed E-state index contributed by atoms with van der Waals surface area (Å²) < 4.78 is 5.71. The first kappa shape index (κ1) is 16.6. The number of H-pyrrole nitrogens is 1. The molecule has 1 saturated heterocycles. The first-order chi connectivity index (χ1) is 12.8. The molecule has 1 aliphatic heterocycles. The third-order valence-corrected chi connectivity index (χ3v) is 4.53. The highest BCUT2D eigenvalue weighted by molar-refractivity contribution is 5.83. The number of para-hydroxylation sites is 1. The van der Waals surface area contributed by atoms with Crippen molar-refractivity contribution >= 4 is 22.9 Å². The molecule has 26 heavy (non-hydrogen) atoms. The lowest BCUT2D eigenvalue weighted by molar-refractivity contribution is 0.265. The van der Waals surface area contributed by atoms with Crippen LogP contribution >= 0.6 is 0 Å². The fraction of sp³-hybridized carbons (Fsp3) is 0.389. The van der Waals surface area contributed by atoms with E-state index in [1.807, 2.05) is 30.3 Å². The van der Waals surface area contributed by atoms with Crippen LogP contribution in [0.4, 0.5) is 11.8 Å². The van der Waals surface area contributed by atoms with Crippen molar-refractivity contribution in [2.75, 3.05) is 36.5 Å². The third-order valence-electron chi connectivity index (χ3n) is 4.53. The topological polar surface area (TPSA) is 99.2 Å². The molecule has 3 N–H and O–H groups in total. The number of nitrogens with one attached hydrogen (secondary N) is 2. The molecule has 8 nitrogen and oxygen atoms in total. The summed E-state index contributed by atoms with van der Waals surface area (Å²) in [5.74, 6) is 2.14. The molecule has 0 saturated carbocycles. The molecule has 136 valence electrons. The van der Waals surface area contributed by atoms with E-state index in [0.29, 0.717) is 30.6 Å². The summed E-state index contributed by atoms with van der Waals surface area (Å²) in [6.07, 6.45) is 3.59. The van der Waals surface area contributed by atoms with E-state index >= 15 is 0 Å². The van der Waals surface area contributed by atoms with Gasteiger partial charge >= 0.3 is 0 Å². The Balaban J connectivity index is 1.48. The van der Waals surface area contributed by atoms with Gasteiger partial charge in [0, 0.05) is 6.54 Å². The number of rotatable bonds is 7. The molecule has 1 aliphatic rings. The smallest absolute Gasteiger partial charge is 0.229 e. The van der Waals surface area contributed by atoms with Gasteiger partial charge in [0.2, 0.25) is 5.95 Å². The summed E-state index contributed by atoms with van der Waals surface area (Å²) in [5, 5.41) is 12.9. The zero-order valence-electron chi connectivity index (χ0n) is 14.4. The standard InChI is InChI=1S/C18H22N6O2/c25-11-13-5-4-9-24(13)18-22-16(15-17(23-18)21-12-20-15)19-8-10-26-14-6-2-1-3-7-14/h1-3,6-7,12-13,25H,4-5,8-11H2,(H2,19,20,21,22,23). The van der Waals surface area contributed by atoms with Gasteiger partial charge in [-0.1, -0.05) is 18.2 Å². The van der Waals surface area contributed by atoms with Crippen molar-refractivity contribution in [3.05, 3.63) is 36.7 Å². The lowest BCUT2D eigenvalue weighted by atomic mass is 10.2. The average Bonchev–Trinajstić information content (AvgIpc) is 3.34. The number of aliphatic hydroxyl groups excluding tert-OH is 1. The van der Waals surface area contributed by atoms with E-state index < -0.39 is 0 Å². The van der Waals surface area contributed by atoms with Crippen LogP contribution in [-0.4, -0.2) is 57.4 Å². The fourth-order valence-electron chi connectivity index (χ4n) is 3.22. The van der Waals surface area contributed by atoms with Gasteiger partial charge in [0.25, 0.3) is 0 Å². The first-order valence-electron chi connectivity index (χ1n) is 8.85. The minimum absolute atomic E-state index is 0.0701. The van der Waals surface area contributed by atoms with E-state index in [1.165, 1.54) is 0 Å². The molecule has 1 unspecified atom stereocenters. The van der Waals surface area contributed by atoms with Gasteiger partial charge in [-0.3, -0.25) is 0 Å². The van der Waals surface area contributed by atoms with Crippen molar-refractivity contribution in [1.82, 2.24) is 19.9 Å². The second-order valence-corrected chi connectivity index (χ2v) is 6.23. The molecule has 1 atom stereocenters. The van der Waals surface area contributed by atoms with E-state index in [9.17, 15) is 5.11 Å². The van der Waals surface area contributed by atoms with E-state index in [1.54, 1.807) is 6.33 Å². The predicted octanol–water partition coefficient (Wildman–Crippen LogP) is 1.80. The second kappa shape index (κ2) is 7.57. The van der Waals surface area contributed by atoms with Crippen LogP contribution in [0, 0.1) is 0 Å². The molecule has 3 aromatic rings. The predicted molar refractivity (Wildman–Crippen MR) is 99.6 cm³/mol. The normalized spacial score (nSPS) is 17.0. The SMILES string of the molecule is OCC1CCCN1c1nc(NCCOc2ccccc2)c2[nH]cnc2n1. The zero-order chi connectivity index (χ0) is 17.8. The largest absolute Gasteiger partial charge is 0.492 e. The van der Waals surface area contributed by atoms with Gasteiger partial charge < -0.3 is 25.0 Å². The van der Waals surface area contributed by atoms with Crippen LogP contribution in [0.2, 0.25) is 0 Å². The lowest BCUT2D eigenvalue weighted by Crippen LogP contribution is -2.33. The minimum Gasteiger partial charge on any atom is -0.492 e. The quantitative estimate of drug-likeness (QED) is 0.556. The van der Waals surface area contributed by atoms with E-state index in [4.69, 9.17) is 4.74 Å². The number of imidazole rings is 1. The maximum atomic E-state index is 9.57. The van der Waals surface area contributed by atoms with Crippen LogP contribution < -0.4 is 15.0 Å². The Morgan fingerprint density at radius 3 is 3.00 bits per heavy atom. The van der Waals surface area contributed by atoms with E-state index in [0.717, 1.165) is 30.7 Å². The molecule has 2 aromatic heterocycles. The highest BCUT2D eigenvalue weighted by atomic mass is 16.5. The van der Waals surface area contributed by atoms with Gasteiger partial charge in [-0.2, -0.15) is 9.97 Å². The van der Waals surface area contributed by atoms with Gasteiger partial charge in [0.05, 0.1) is 25.5 Å². The number of aliphatic hydroxyl groups is 1. The molecule has 4 rings (SSSR count). The number of aromatic amines is 1. The molecule has 3 heterocycles. The minimum atomic E-state index is 0.0701. The van der Waals surface area contributed by atoms with E-state index in [-0.39, 0.29) is 12.6 Å². The Labute approximate surface area is 151 Å². The molecule has 0 spiro atoms. The maximum Gasteiger partial charge on any atom is 0.229 e. The van der Waals surface area contributed by atoms with Gasteiger partial charge in [0.15, 0.2) is 11.5 Å². The lowest BCUT2D eigenvalue weighted by Gasteiger charge is -2.23. The van der Waals surface area contributed by atoms with Crippen molar-refractivity contribution in [1.29, 1.82) is 0 Å². The van der Waals surface area contributed by atoms with Crippen LogP contribution in [0.3, 0.4) is 0 Å². The van der Waals surface area contributed by atoms with Crippen molar-refractivity contribution in [3.8, 4) is 5.75 Å². The summed E-state index contributed by atoms with van der Waals surface area (Å²) in [5.41, 5.74) is 1.39. The molecule has 0 bridgehead atoms. The number of aromatic nitrogens is 4. The average molecular weight is 354 g/mol. The Bertz CT molecular complexity index is 853. The van der Waals surface area contributed by atoms with Gasteiger partial charge in [-0.25, -0.2) is 4.98 Å². The van der Waals surface area contributed by atoms with Crippen LogP contribution in [-0.2, 0) is 0 Å². The Morgan fingerprint density at radius 2 is 2.15 bits per heavy atom. The summed E-state index contributed by atoms with van der Waals surface area (Å²) in [6.45, 7) is 2.07. The van der Waals surface area contributed by atoms with Crippen LogP contribution in [0.1, 0.15) is 12.8 Å². The van der Waals surface area contributed by atoms with Crippen LogP contribution in [0.15, 0.2) is 36.7 Å². The number of nitrogens with zero attached hydrogens (tertiary/aromatic N) is 4. The fourth-order valence-corrected chi connectivity index (χ4v) is 3.22. The van der Waals surface area contributed by atoms with Gasteiger partial charge in [-0.15, -0.1) is 0 Å². The molecule has 0 amide bonds. The number of fused-ring (bicyclic) bond motifs is 1. The Hall–Kier alpha value is -2.87. The summed E-state index contributed by atoms with van der Waals surface area (Å²) in [4.78, 5) is 18.6. The highest BCUT2D eigenvalue weighted by Gasteiger charge is 2.27. The Morgan fingerprint density at radius 1 is 1.27 bits per heavy atom. The van der Waals surface area contributed by atoms with Gasteiger partial charge in [0.1, 0.15) is 17.9 Å². The van der Waals surface area contributed by atoms with Crippen molar-refractivity contribution in [3.63, 3.8) is 0 Å². The molecule has 8 heteroatoms. The monoisotopic (exact) mass is 354 g/mol. The first-order valence-corrected chi connectivity index (χ1v) is 8.85. The molecule has 0 aliphatic carbocycles. The summed E-state index contributed by atoms with van der Waals surface area (Å²) >= 11 is 0. The highest BCUT2D eigenvalue weighted by Crippen LogP contribution is 2.26.